The predicted molar refractivity (Wildman–Crippen MR) is 82.9 cm³/mol. The van der Waals surface area contributed by atoms with Crippen molar-refractivity contribution in [2.75, 3.05) is 6.61 Å². The molecule has 3 heteroatoms. The number of carbonyl (C=O) groups excluding carboxylic acids is 1. The molecule has 0 fully saturated rings. The zero-order valence-electron chi connectivity index (χ0n) is 11.9. The largest absolute Gasteiger partial charge is 0.488 e. The van der Waals surface area contributed by atoms with E-state index in [9.17, 15) is 4.79 Å². The summed E-state index contributed by atoms with van der Waals surface area (Å²) in [7, 11) is 0. The number of hydrogen-bond donors (Lipinski definition) is 1. The second-order valence-corrected chi connectivity index (χ2v) is 5.10. The van der Waals surface area contributed by atoms with Gasteiger partial charge in [-0.05, 0) is 24.6 Å². The molecule has 1 heterocycles. The van der Waals surface area contributed by atoms with Gasteiger partial charge in [-0.1, -0.05) is 48.5 Å². The Kier molecular flexibility index (Phi) is 3.73. The number of carbonyl (C=O) groups is 1. The minimum absolute atomic E-state index is 0.0308. The van der Waals surface area contributed by atoms with E-state index < -0.39 is 0 Å². The summed E-state index contributed by atoms with van der Waals surface area (Å²) in [5.74, 6) is 0.742. The SMILES string of the molecule is C[C@@H](NC(=O)C1=Cc2ccccc2OC1)c1ccccc1. The summed E-state index contributed by atoms with van der Waals surface area (Å²) >= 11 is 0. The molecule has 106 valence electrons. The van der Waals surface area contributed by atoms with Crippen molar-refractivity contribution in [1.29, 1.82) is 0 Å². The Morgan fingerprint density at radius 3 is 2.62 bits per heavy atom. The summed E-state index contributed by atoms with van der Waals surface area (Å²) in [5, 5.41) is 3.01. The van der Waals surface area contributed by atoms with Crippen molar-refractivity contribution in [3.05, 3.63) is 71.3 Å². The van der Waals surface area contributed by atoms with Gasteiger partial charge in [0.15, 0.2) is 0 Å². The molecule has 1 atom stereocenters. The van der Waals surface area contributed by atoms with E-state index in [0.717, 1.165) is 16.9 Å². The molecular weight excluding hydrogens is 262 g/mol. The standard InChI is InChI=1S/C18H17NO2/c1-13(14-7-3-2-4-8-14)19-18(20)16-11-15-9-5-6-10-17(15)21-12-16/h2-11,13H,12H2,1H3,(H,19,20)/t13-/m1/s1. The van der Waals surface area contributed by atoms with Crippen LogP contribution in [0.3, 0.4) is 0 Å². The fraction of sp³-hybridized carbons (Fsp3) is 0.167. The van der Waals surface area contributed by atoms with Gasteiger partial charge in [0, 0.05) is 5.56 Å². The Morgan fingerprint density at radius 1 is 1.10 bits per heavy atom. The maximum absolute atomic E-state index is 12.3. The number of benzene rings is 2. The van der Waals surface area contributed by atoms with Crippen LogP contribution in [0, 0.1) is 0 Å². The fourth-order valence-corrected chi connectivity index (χ4v) is 2.36. The Labute approximate surface area is 124 Å². The van der Waals surface area contributed by atoms with Crippen LogP contribution in [0.4, 0.5) is 0 Å². The summed E-state index contributed by atoms with van der Waals surface area (Å²) < 4.78 is 5.62. The van der Waals surface area contributed by atoms with E-state index in [1.807, 2.05) is 67.6 Å². The Hall–Kier alpha value is -2.55. The van der Waals surface area contributed by atoms with Crippen molar-refractivity contribution in [3.63, 3.8) is 0 Å². The van der Waals surface area contributed by atoms with E-state index in [-0.39, 0.29) is 11.9 Å². The quantitative estimate of drug-likeness (QED) is 0.935. The molecule has 3 rings (SSSR count). The predicted octanol–water partition coefficient (Wildman–Crippen LogP) is 3.34. The van der Waals surface area contributed by atoms with E-state index in [0.29, 0.717) is 12.2 Å². The molecule has 0 radical (unpaired) electrons. The topological polar surface area (TPSA) is 38.3 Å². The second-order valence-electron chi connectivity index (χ2n) is 5.10. The highest BCUT2D eigenvalue weighted by Gasteiger charge is 2.18. The van der Waals surface area contributed by atoms with Crippen LogP contribution in [0.25, 0.3) is 6.08 Å². The number of nitrogens with one attached hydrogen (secondary N) is 1. The van der Waals surface area contributed by atoms with Gasteiger partial charge in [-0.25, -0.2) is 0 Å². The summed E-state index contributed by atoms with van der Waals surface area (Å²) in [6.45, 7) is 2.29. The molecule has 0 unspecified atom stereocenters. The molecule has 0 saturated heterocycles. The Morgan fingerprint density at radius 2 is 1.81 bits per heavy atom. The van der Waals surface area contributed by atoms with Crippen molar-refractivity contribution >= 4 is 12.0 Å². The van der Waals surface area contributed by atoms with Gasteiger partial charge in [0.1, 0.15) is 12.4 Å². The second kappa shape index (κ2) is 5.83. The molecule has 0 spiro atoms. The smallest absolute Gasteiger partial charge is 0.251 e. The van der Waals surface area contributed by atoms with Gasteiger partial charge < -0.3 is 10.1 Å². The lowest BCUT2D eigenvalue weighted by atomic mass is 10.1. The fourth-order valence-electron chi connectivity index (χ4n) is 2.36. The third-order valence-corrected chi connectivity index (χ3v) is 3.57. The molecule has 1 aliphatic heterocycles. The molecule has 1 aliphatic rings. The first-order valence-corrected chi connectivity index (χ1v) is 7.02. The first kappa shape index (κ1) is 13.4. The van der Waals surface area contributed by atoms with Crippen LogP contribution in [-0.4, -0.2) is 12.5 Å². The maximum atomic E-state index is 12.3. The van der Waals surface area contributed by atoms with Crippen molar-refractivity contribution in [1.82, 2.24) is 5.32 Å². The highest BCUT2D eigenvalue weighted by molar-refractivity contribution is 5.99. The lowest BCUT2D eigenvalue weighted by Crippen LogP contribution is -2.30. The molecule has 0 aliphatic carbocycles. The van der Waals surface area contributed by atoms with Gasteiger partial charge in [-0.15, -0.1) is 0 Å². The highest BCUT2D eigenvalue weighted by Crippen LogP contribution is 2.26. The molecular formula is C18H17NO2. The van der Waals surface area contributed by atoms with Gasteiger partial charge in [0.05, 0.1) is 11.6 Å². The van der Waals surface area contributed by atoms with E-state index >= 15 is 0 Å². The monoisotopic (exact) mass is 279 g/mol. The Bertz CT molecular complexity index is 677. The third-order valence-electron chi connectivity index (χ3n) is 3.57. The van der Waals surface area contributed by atoms with E-state index in [1.54, 1.807) is 0 Å². The summed E-state index contributed by atoms with van der Waals surface area (Å²) in [6, 6.07) is 17.6. The minimum atomic E-state index is -0.0825. The van der Waals surface area contributed by atoms with E-state index in [1.165, 1.54) is 0 Å². The van der Waals surface area contributed by atoms with Gasteiger partial charge >= 0.3 is 0 Å². The molecule has 0 aromatic heterocycles. The Balaban J connectivity index is 1.74. The number of amides is 1. The van der Waals surface area contributed by atoms with Gasteiger partial charge in [0.2, 0.25) is 0 Å². The molecule has 2 aromatic rings. The molecule has 0 bridgehead atoms. The molecule has 1 N–H and O–H groups in total. The van der Waals surface area contributed by atoms with Crippen molar-refractivity contribution in [2.45, 2.75) is 13.0 Å². The van der Waals surface area contributed by atoms with Crippen LogP contribution in [0.5, 0.6) is 5.75 Å². The lowest BCUT2D eigenvalue weighted by Gasteiger charge is -2.20. The summed E-state index contributed by atoms with van der Waals surface area (Å²) in [6.07, 6.45) is 1.89. The molecule has 3 nitrogen and oxygen atoms in total. The molecule has 21 heavy (non-hydrogen) atoms. The van der Waals surface area contributed by atoms with Gasteiger partial charge in [-0.2, -0.15) is 0 Å². The van der Waals surface area contributed by atoms with Gasteiger partial charge in [-0.3, -0.25) is 4.79 Å². The summed E-state index contributed by atoms with van der Waals surface area (Å²) in [5.41, 5.74) is 2.68. The first-order valence-electron chi connectivity index (χ1n) is 7.02. The van der Waals surface area contributed by atoms with Gasteiger partial charge in [0.25, 0.3) is 5.91 Å². The van der Waals surface area contributed by atoms with Crippen molar-refractivity contribution in [3.8, 4) is 5.75 Å². The first-order chi connectivity index (χ1) is 10.2. The number of ether oxygens (including phenoxy) is 1. The van der Waals surface area contributed by atoms with E-state index in [2.05, 4.69) is 5.32 Å². The molecule has 0 saturated carbocycles. The van der Waals surface area contributed by atoms with Crippen LogP contribution in [0.2, 0.25) is 0 Å². The number of para-hydroxylation sites is 1. The number of fused-ring (bicyclic) bond motifs is 1. The highest BCUT2D eigenvalue weighted by atomic mass is 16.5. The molecule has 1 amide bonds. The van der Waals surface area contributed by atoms with Crippen molar-refractivity contribution in [2.24, 2.45) is 0 Å². The lowest BCUT2D eigenvalue weighted by molar-refractivity contribution is -0.118. The van der Waals surface area contributed by atoms with Crippen molar-refractivity contribution < 1.29 is 9.53 Å². The van der Waals surface area contributed by atoms with Crippen LogP contribution >= 0.6 is 0 Å². The third kappa shape index (κ3) is 2.97. The van der Waals surface area contributed by atoms with Crippen LogP contribution in [-0.2, 0) is 4.79 Å². The number of hydrogen-bond acceptors (Lipinski definition) is 2. The summed E-state index contributed by atoms with van der Waals surface area (Å²) in [4.78, 5) is 12.3. The zero-order valence-corrected chi connectivity index (χ0v) is 11.9. The maximum Gasteiger partial charge on any atom is 0.251 e. The van der Waals surface area contributed by atoms with Crippen LogP contribution in [0.15, 0.2) is 60.2 Å². The average Bonchev–Trinajstić information content (AvgIpc) is 2.55. The zero-order chi connectivity index (χ0) is 14.7. The average molecular weight is 279 g/mol. The van der Waals surface area contributed by atoms with Crippen LogP contribution in [0.1, 0.15) is 24.1 Å². The normalized spacial score (nSPS) is 14.4. The number of rotatable bonds is 3. The molecule has 2 aromatic carbocycles. The van der Waals surface area contributed by atoms with E-state index in [4.69, 9.17) is 4.74 Å². The van der Waals surface area contributed by atoms with Crippen LogP contribution < -0.4 is 10.1 Å². The minimum Gasteiger partial charge on any atom is -0.488 e.